The second-order valence-electron chi connectivity index (χ2n) is 3.67. The number of rotatable bonds is 3. The van der Waals surface area contributed by atoms with Crippen LogP contribution >= 0.6 is 0 Å². The Morgan fingerprint density at radius 2 is 2.18 bits per heavy atom. The fraction of sp³-hybridized carbons (Fsp3) is 0.154. The average Bonchev–Trinajstić information content (AvgIpc) is 2.76. The fourth-order valence-corrected chi connectivity index (χ4v) is 1.44. The van der Waals surface area contributed by atoms with Crippen molar-refractivity contribution in [1.29, 1.82) is 0 Å². The zero-order chi connectivity index (χ0) is 12.3. The summed E-state index contributed by atoms with van der Waals surface area (Å²) in [6, 6.07) is 8.84. The summed E-state index contributed by atoms with van der Waals surface area (Å²) in [5.74, 6) is 0.718. The van der Waals surface area contributed by atoms with Gasteiger partial charge >= 0.3 is 0 Å². The molecular formula is C13H13NO3. The Balaban J connectivity index is 2.12. The maximum atomic E-state index is 11.8. The number of furan rings is 1. The minimum Gasteiger partial charge on any atom is -0.497 e. The number of carbonyl (C=O) groups excluding carboxylic acids is 1. The van der Waals surface area contributed by atoms with E-state index in [0.717, 1.165) is 5.56 Å². The van der Waals surface area contributed by atoms with Gasteiger partial charge in [0.2, 0.25) is 0 Å². The average molecular weight is 231 g/mol. The molecule has 0 radical (unpaired) electrons. The summed E-state index contributed by atoms with van der Waals surface area (Å²) in [4.78, 5) is 11.8. The molecule has 0 atom stereocenters. The largest absolute Gasteiger partial charge is 0.497 e. The summed E-state index contributed by atoms with van der Waals surface area (Å²) < 4.78 is 10.2. The second kappa shape index (κ2) is 4.74. The van der Waals surface area contributed by atoms with Crippen molar-refractivity contribution in [2.24, 2.45) is 0 Å². The van der Waals surface area contributed by atoms with E-state index in [9.17, 15) is 4.79 Å². The molecule has 1 N–H and O–H groups in total. The van der Waals surface area contributed by atoms with E-state index in [4.69, 9.17) is 9.15 Å². The Kier molecular flexibility index (Phi) is 3.14. The predicted molar refractivity (Wildman–Crippen MR) is 64.4 cm³/mol. The third-order valence-electron chi connectivity index (χ3n) is 2.28. The molecule has 0 aliphatic heterocycles. The smallest absolute Gasteiger partial charge is 0.291 e. The van der Waals surface area contributed by atoms with Gasteiger partial charge in [-0.3, -0.25) is 4.79 Å². The van der Waals surface area contributed by atoms with Crippen LogP contribution in [0.4, 0.5) is 5.69 Å². The normalized spacial score (nSPS) is 10.0. The lowest BCUT2D eigenvalue weighted by atomic mass is 10.3. The molecule has 1 aromatic heterocycles. The Hall–Kier alpha value is -2.23. The van der Waals surface area contributed by atoms with Crippen LogP contribution in [0.15, 0.2) is 41.0 Å². The summed E-state index contributed by atoms with van der Waals surface area (Å²) in [6.07, 6.45) is 1.54. The molecule has 17 heavy (non-hydrogen) atoms. The first-order chi connectivity index (χ1) is 8.19. The maximum Gasteiger partial charge on any atom is 0.291 e. The van der Waals surface area contributed by atoms with Crippen molar-refractivity contribution in [2.45, 2.75) is 6.92 Å². The lowest BCUT2D eigenvalue weighted by Gasteiger charge is -2.05. The SMILES string of the molecule is COc1cccc(NC(=O)c2cc(C)co2)c1. The van der Waals surface area contributed by atoms with Crippen molar-refractivity contribution >= 4 is 11.6 Å². The third kappa shape index (κ3) is 2.66. The molecule has 0 aliphatic carbocycles. The molecule has 2 aromatic rings. The molecule has 1 amide bonds. The van der Waals surface area contributed by atoms with Crippen molar-refractivity contribution in [3.8, 4) is 5.75 Å². The van der Waals surface area contributed by atoms with Gasteiger partial charge in [-0.15, -0.1) is 0 Å². The van der Waals surface area contributed by atoms with E-state index in [1.165, 1.54) is 0 Å². The maximum absolute atomic E-state index is 11.8. The highest BCUT2D eigenvalue weighted by Crippen LogP contribution is 2.17. The molecule has 2 rings (SSSR count). The highest BCUT2D eigenvalue weighted by molar-refractivity contribution is 6.02. The number of ether oxygens (including phenoxy) is 1. The van der Waals surface area contributed by atoms with Crippen molar-refractivity contribution in [3.05, 3.63) is 47.9 Å². The van der Waals surface area contributed by atoms with Crippen LogP contribution in [0.1, 0.15) is 16.1 Å². The predicted octanol–water partition coefficient (Wildman–Crippen LogP) is 2.85. The number of nitrogens with one attached hydrogen (secondary N) is 1. The van der Waals surface area contributed by atoms with Gasteiger partial charge in [-0.1, -0.05) is 6.07 Å². The molecule has 1 aromatic carbocycles. The topological polar surface area (TPSA) is 51.5 Å². The summed E-state index contributed by atoms with van der Waals surface area (Å²) in [5.41, 5.74) is 1.59. The van der Waals surface area contributed by atoms with E-state index in [0.29, 0.717) is 17.2 Å². The molecule has 4 nitrogen and oxygen atoms in total. The van der Waals surface area contributed by atoms with Crippen LogP contribution < -0.4 is 10.1 Å². The lowest BCUT2D eigenvalue weighted by molar-refractivity contribution is 0.0996. The van der Waals surface area contributed by atoms with Gasteiger partial charge in [0, 0.05) is 11.8 Å². The molecule has 0 aliphatic rings. The Labute approximate surface area is 99.2 Å². The van der Waals surface area contributed by atoms with Crippen LogP contribution in [0.3, 0.4) is 0 Å². The number of aryl methyl sites for hydroxylation is 1. The quantitative estimate of drug-likeness (QED) is 0.883. The molecule has 0 unspecified atom stereocenters. The van der Waals surface area contributed by atoms with E-state index in [1.54, 1.807) is 31.6 Å². The van der Waals surface area contributed by atoms with Gasteiger partial charge in [0.25, 0.3) is 5.91 Å². The van der Waals surface area contributed by atoms with E-state index in [-0.39, 0.29) is 5.91 Å². The summed E-state index contributed by atoms with van der Waals surface area (Å²) >= 11 is 0. The van der Waals surface area contributed by atoms with E-state index in [1.807, 2.05) is 19.1 Å². The van der Waals surface area contributed by atoms with Crippen molar-refractivity contribution in [3.63, 3.8) is 0 Å². The van der Waals surface area contributed by atoms with Crippen LogP contribution in [-0.2, 0) is 0 Å². The molecule has 0 bridgehead atoms. The van der Waals surface area contributed by atoms with Gasteiger partial charge in [-0.05, 0) is 30.7 Å². The number of methoxy groups -OCH3 is 1. The number of amides is 1. The molecule has 4 heteroatoms. The van der Waals surface area contributed by atoms with E-state index in [2.05, 4.69) is 5.32 Å². The van der Waals surface area contributed by atoms with E-state index >= 15 is 0 Å². The lowest BCUT2D eigenvalue weighted by Crippen LogP contribution is -2.10. The summed E-state index contributed by atoms with van der Waals surface area (Å²) in [5, 5.41) is 2.73. The summed E-state index contributed by atoms with van der Waals surface area (Å²) in [6.45, 7) is 1.87. The van der Waals surface area contributed by atoms with Gasteiger partial charge in [-0.2, -0.15) is 0 Å². The molecular weight excluding hydrogens is 218 g/mol. The van der Waals surface area contributed by atoms with Crippen LogP contribution in [0.25, 0.3) is 0 Å². The molecule has 0 fully saturated rings. The first-order valence-corrected chi connectivity index (χ1v) is 5.19. The number of benzene rings is 1. The van der Waals surface area contributed by atoms with Crippen molar-refractivity contribution in [1.82, 2.24) is 0 Å². The number of anilines is 1. The molecule has 0 saturated carbocycles. The minimum atomic E-state index is -0.272. The highest BCUT2D eigenvalue weighted by Gasteiger charge is 2.10. The van der Waals surface area contributed by atoms with Gasteiger partial charge in [0.1, 0.15) is 5.75 Å². The summed E-state index contributed by atoms with van der Waals surface area (Å²) in [7, 11) is 1.58. The van der Waals surface area contributed by atoms with Gasteiger partial charge in [0.05, 0.1) is 13.4 Å². The number of hydrogen-bond donors (Lipinski definition) is 1. The highest BCUT2D eigenvalue weighted by atomic mass is 16.5. The fourth-order valence-electron chi connectivity index (χ4n) is 1.44. The van der Waals surface area contributed by atoms with Crippen LogP contribution in [0.5, 0.6) is 5.75 Å². The van der Waals surface area contributed by atoms with Crippen molar-refractivity contribution < 1.29 is 13.9 Å². The Morgan fingerprint density at radius 3 is 2.82 bits per heavy atom. The van der Waals surface area contributed by atoms with Gasteiger partial charge < -0.3 is 14.5 Å². The molecule has 0 spiro atoms. The Bertz CT molecular complexity index is 531. The van der Waals surface area contributed by atoms with Gasteiger partial charge in [0.15, 0.2) is 5.76 Å². The van der Waals surface area contributed by atoms with Crippen LogP contribution in [0, 0.1) is 6.92 Å². The Morgan fingerprint density at radius 1 is 1.35 bits per heavy atom. The number of carbonyl (C=O) groups is 1. The van der Waals surface area contributed by atoms with Crippen LogP contribution in [-0.4, -0.2) is 13.0 Å². The standard InChI is InChI=1S/C13H13NO3/c1-9-6-12(17-8-9)13(15)14-10-4-3-5-11(7-10)16-2/h3-8H,1-2H3,(H,14,15). The zero-order valence-electron chi connectivity index (χ0n) is 9.69. The minimum absolute atomic E-state index is 0.272. The van der Waals surface area contributed by atoms with E-state index < -0.39 is 0 Å². The van der Waals surface area contributed by atoms with Crippen LogP contribution in [0.2, 0.25) is 0 Å². The first kappa shape index (κ1) is 11.3. The molecule has 1 heterocycles. The number of hydrogen-bond acceptors (Lipinski definition) is 3. The molecule has 0 saturated heterocycles. The second-order valence-corrected chi connectivity index (χ2v) is 3.67. The first-order valence-electron chi connectivity index (χ1n) is 5.19. The molecule has 88 valence electrons. The van der Waals surface area contributed by atoms with Gasteiger partial charge in [-0.25, -0.2) is 0 Å². The third-order valence-corrected chi connectivity index (χ3v) is 2.28. The van der Waals surface area contributed by atoms with Crippen molar-refractivity contribution in [2.75, 3.05) is 12.4 Å². The zero-order valence-corrected chi connectivity index (χ0v) is 9.69. The monoisotopic (exact) mass is 231 g/mol.